The first kappa shape index (κ1) is 20.4. The number of rotatable bonds is 5. The Kier molecular flexibility index (Phi) is 7.56. The molecule has 146 valence electrons. The Bertz CT molecular complexity index is 575. The number of aliphatic imine (C=N–C) groups is 1. The Morgan fingerprint density at radius 2 is 2.00 bits per heavy atom. The first-order valence-corrected chi connectivity index (χ1v) is 10.1. The first-order chi connectivity index (χ1) is 12.4. The van der Waals surface area contributed by atoms with Crippen LogP contribution in [0.15, 0.2) is 22.5 Å². The van der Waals surface area contributed by atoms with Gasteiger partial charge in [-0.3, -0.25) is 4.99 Å². The van der Waals surface area contributed by atoms with E-state index >= 15 is 0 Å². The van der Waals surface area contributed by atoms with Gasteiger partial charge in [-0.1, -0.05) is 0 Å². The average molecular weight is 382 g/mol. The third-order valence-corrected chi connectivity index (χ3v) is 4.70. The van der Waals surface area contributed by atoms with E-state index in [0.29, 0.717) is 13.1 Å². The summed E-state index contributed by atoms with van der Waals surface area (Å²) >= 11 is 1.78. The molecule has 0 atom stereocenters. The molecule has 0 aliphatic carbocycles. The van der Waals surface area contributed by atoms with Crippen LogP contribution in [0.1, 0.15) is 27.7 Å². The molecule has 1 aliphatic heterocycles. The number of nitrogens with one attached hydrogen (secondary N) is 2. The second-order valence-electron chi connectivity index (χ2n) is 7.09. The number of carbonyl (C=O) groups is 1. The van der Waals surface area contributed by atoms with Crippen molar-refractivity contribution in [3.8, 4) is 0 Å². The normalized spacial score (nSPS) is 15.8. The van der Waals surface area contributed by atoms with Gasteiger partial charge in [0.25, 0.3) is 0 Å². The fourth-order valence-electron chi connectivity index (χ4n) is 2.65. The molecule has 0 bridgehead atoms. The van der Waals surface area contributed by atoms with Gasteiger partial charge < -0.3 is 25.2 Å². The minimum atomic E-state index is -0.482. The summed E-state index contributed by atoms with van der Waals surface area (Å²) < 4.78 is 5.23. The zero-order valence-electron chi connectivity index (χ0n) is 16.2. The second-order valence-corrected chi connectivity index (χ2v) is 8.02. The molecule has 0 saturated carbocycles. The Hall–Kier alpha value is -1.96. The van der Waals surface area contributed by atoms with Crippen molar-refractivity contribution in [3.05, 3.63) is 17.5 Å². The largest absolute Gasteiger partial charge is 0.444 e. The maximum Gasteiger partial charge on any atom is 0.407 e. The molecule has 0 aromatic carbocycles. The van der Waals surface area contributed by atoms with Gasteiger partial charge >= 0.3 is 6.09 Å². The molecule has 8 heteroatoms. The van der Waals surface area contributed by atoms with E-state index < -0.39 is 11.7 Å². The smallest absolute Gasteiger partial charge is 0.407 e. The van der Waals surface area contributed by atoms with Gasteiger partial charge in [-0.25, -0.2) is 4.79 Å². The van der Waals surface area contributed by atoms with Crippen LogP contribution >= 0.6 is 11.3 Å². The number of amides is 1. The van der Waals surface area contributed by atoms with Crippen LogP contribution in [0.5, 0.6) is 0 Å². The number of anilines is 1. The lowest BCUT2D eigenvalue weighted by molar-refractivity contribution is 0.0529. The molecule has 1 aromatic heterocycles. The molecule has 0 unspecified atom stereocenters. The summed E-state index contributed by atoms with van der Waals surface area (Å²) in [4.78, 5) is 21.0. The number of piperazine rings is 1. The summed E-state index contributed by atoms with van der Waals surface area (Å²) in [6.45, 7) is 13.3. The summed E-state index contributed by atoms with van der Waals surface area (Å²) in [6, 6.07) is 4.26. The van der Waals surface area contributed by atoms with Crippen molar-refractivity contribution in [2.45, 2.75) is 33.3 Å². The SMILES string of the molecule is CCNC(=NCCNC(=O)OC(C)(C)C)N1CCN(c2cccs2)CC1. The fraction of sp³-hybridized carbons (Fsp3) is 0.667. The molecule has 1 amide bonds. The van der Waals surface area contributed by atoms with Gasteiger partial charge in [0.1, 0.15) is 5.60 Å². The number of thiophene rings is 1. The van der Waals surface area contributed by atoms with Crippen molar-refractivity contribution in [1.29, 1.82) is 0 Å². The van der Waals surface area contributed by atoms with Crippen LogP contribution in [0.3, 0.4) is 0 Å². The zero-order chi connectivity index (χ0) is 19.0. The Morgan fingerprint density at radius 1 is 1.27 bits per heavy atom. The lowest BCUT2D eigenvalue weighted by Crippen LogP contribution is -2.52. The maximum atomic E-state index is 11.7. The number of carbonyl (C=O) groups excluding carboxylic acids is 1. The third-order valence-electron chi connectivity index (χ3n) is 3.77. The maximum absolute atomic E-state index is 11.7. The van der Waals surface area contributed by atoms with Gasteiger partial charge in [0.2, 0.25) is 0 Å². The van der Waals surface area contributed by atoms with Crippen LogP contribution in [0.2, 0.25) is 0 Å². The number of guanidine groups is 1. The molecule has 2 rings (SSSR count). The Balaban J connectivity index is 1.79. The monoisotopic (exact) mass is 381 g/mol. The van der Waals surface area contributed by atoms with Crippen LogP contribution in [0.25, 0.3) is 0 Å². The zero-order valence-corrected chi connectivity index (χ0v) is 17.1. The van der Waals surface area contributed by atoms with Crippen LogP contribution < -0.4 is 15.5 Å². The number of nitrogens with zero attached hydrogens (tertiary/aromatic N) is 3. The molecule has 7 nitrogen and oxygen atoms in total. The van der Waals surface area contributed by atoms with Crippen molar-refractivity contribution >= 4 is 28.4 Å². The van der Waals surface area contributed by atoms with Crippen LogP contribution in [0.4, 0.5) is 9.80 Å². The molecule has 0 radical (unpaired) electrons. The number of hydrogen-bond acceptors (Lipinski definition) is 5. The minimum absolute atomic E-state index is 0.401. The third kappa shape index (κ3) is 6.74. The van der Waals surface area contributed by atoms with E-state index in [1.807, 2.05) is 20.8 Å². The van der Waals surface area contributed by atoms with E-state index in [-0.39, 0.29) is 0 Å². The lowest BCUT2D eigenvalue weighted by atomic mass is 10.2. The summed E-state index contributed by atoms with van der Waals surface area (Å²) in [5.41, 5.74) is -0.482. The molecule has 1 aliphatic rings. The van der Waals surface area contributed by atoms with Crippen molar-refractivity contribution in [2.75, 3.05) is 50.7 Å². The van der Waals surface area contributed by atoms with Gasteiger partial charge in [0, 0.05) is 39.3 Å². The van der Waals surface area contributed by atoms with Crippen LogP contribution in [-0.4, -0.2) is 68.4 Å². The van der Waals surface area contributed by atoms with Crippen molar-refractivity contribution in [1.82, 2.24) is 15.5 Å². The predicted octanol–water partition coefficient (Wildman–Crippen LogP) is 2.36. The standard InChI is InChI=1S/C18H31N5O2S/c1-5-19-16(20-8-9-21-17(24)25-18(2,3)4)23-12-10-22(11-13-23)15-7-6-14-26-15/h6-7,14H,5,8-13H2,1-4H3,(H,19,20)(H,21,24). The van der Waals surface area contributed by atoms with Gasteiger partial charge in [-0.05, 0) is 45.2 Å². The van der Waals surface area contributed by atoms with Crippen LogP contribution in [0, 0.1) is 0 Å². The molecule has 2 N–H and O–H groups in total. The van der Waals surface area contributed by atoms with Gasteiger partial charge in [0.05, 0.1) is 11.5 Å². The predicted molar refractivity (Wildman–Crippen MR) is 108 cm³/mol. The second kappa shape index (κ2) is 9.66. The molecule has 1 saturated heterocycles. The number of ether oxygens (including phenoxy) is 1. The van der Waals surface area contributed by atoms with E-state index in [1.54, 1.807) is 11.3 Å². The van der Waals surface area contributed by atoms with E-state index in [1.165, 1.54) is 5.00 Å². The van der Waals surface area contributed by atoms with Gasteiger partial charge in [-0.15, -0.1) is 11.3 Å². The molecule has 1 fully saturated rings. The highest BCUT2D eigenvalue weighted by molar-refractivity contribution is 7.14. The van der Waals surface area contributed by atoms with Gasteiger partial charge in [-0.2, -0.15) is 0 Å². The molecule has 1 aromatic rings. The summed E-state index contributed by atoms with van der Waals surface area (Å²) in [6.07, 6.45) is -0.401. The summed E-state index contributed by atoms with van der Waals surface area (Å²) in [5.74, 6) is 0.907. The van der Waals surface area contributed by atoms with E-state index in [9.17, 15) is 4.79 Å². The molecule has 2 heterocycles. The highest BCUT2D eigenvalue weighted by Gasteiger charge is 2.20. The highest BCUT2D eigenvalue weighted by Crippen LogP contribution is 2.22. The van der Waals surface area contributed by atoms with Crippen molar-refractivity contribution in [2.24, 2.45) is 4.99 Å². The molecule has 26 heavy (non-hydrogen) atoms. The summed E-state index contributed by atoms with van der Waals surface area (Å²) in [5, 5.41) is 9.53. The summed E-state index contributed by atoms with van der Waals surface area (Å²) in [7, 11) is 0. The fourth-order valence-corrected chi connectivity index (χ4v) is 3.43. The Morgan fingerprint density at radius 3 is 2.58 bits per heavy atom. The van der Waals surface area contributed by atoms with E-state index in [2.05, 4.69) is 49.9 Å². The molecular formula is C18H31N5O2S. The molecule has 0 spiro atoms. The topological polar surface area (TPSA) is 69.2 Å². The average Bonchev–Trinajstić information content (AvgIpc) is 3.11. The van der Waals surface area contributed by atoms with Gasteiger partial charge in [0.15, 0.2) is 5.96 Å². The minimum Gasteiger partial charge on any atom is -0.444 e. The lowest BCUT2D eigenvalue weighted by Gasteiger charge is -2.37. The first-order valence-electron chi connectivity index (χ1n) is 9.17. The van der Waals surface area contributed by atoms with E-state index in [4.69, 9.17) is 4.74 Å². The van der Waals surface area contributed by atoms with Crippen molar-refractivity contribution in [3.63, 3.8) is 0 Å². The van der Waals surface area contributed by atoms with Crippen LogP contribution in [-0.2, 0) is 4.74 Å². The number of alkyl carbamates (subject to hydrolysis) is 1. The van der Waals surface area contributed by atoms with Crippen molar-refractivity contribution < 1.29 is 9.53 Å². The van der Waals surface area contributed by atoms with E-state index in [0.717, 1.165) is 38.7 Å². The molecular weight excluding hydrogens is 350 g/mol. The quantitative estimate of drug-likeness (QED) is 0.466. The highest BCUT2D eigenvalue weighted by atomic mass is 32.1. The number of hydrogen-bond donors (Lipinski definition) is 2. The Labute approximate surface area is 160 Å².